The number of piperidine rings is 1. The maximum absolute atomic E-state index is 12.5. The number of aromatic nitrogens is 1. The summed E-state index contributed by atoms with van der Waals surface area (Å²) in [6, 6.07) is 8.80. The maximum Gasteiger partial charge on any atom is 0.321 e. The number of amides is 2. The van der Waals surface area contributed by atoms with Crippen LogP contribution in [0.2, 0.25) is 0 Å². The normalized spacial score (nSPS) is 19.7. The van der Waals surface area contributed by atoms with Gasteiger partial charge in [-0.05, 0) is 37.1 Å². The van der Waals surface area contributed by atoms with Gasteiger partial charge >= 0.3 is 6.03 Å². The molecule has 1 saturated heterocycles. The molecular formula is C21H28N6O3S. The van der Waals surface area contributed by atoms with Crippen molar-refractivity contribution in [1.29, 1.82) is 0 Å². The molecule has 2 amide bonds. The average Bonchev–Trinajstić information content (AvgIpc) is 2.79. The van der Waals surface area contributed by atoms with Gasteiger partial charge in [0.1, 0.15) is 11.6 Å². The van der Waals surface area contributed by atoms with Crippen molar-refractivity contribution in [2.45, 2.75) is 26.7 Å². The minimum absolute atomic E-state index is 0.124. The highest BCUT2D eigenvalue weighted by Crippen LogP contribution is 2.30. The van der Waals surface area contributed by atoms with Crippen LogP contribution in [-0.2, 0) is 11.2 Å². The molecule has 1 aromatic heterocycles. The molecule has 10 heteroatoms. The Balaban J connectivity index is 0.00000132. The number of anilines is 2. The van der Waals surface area contributed by atoms with E-state index in [9.17, 15) is 9.00 Å². The molecule has 1 aromatic carbocycles. The van der Waals surface area contributed by atoms with Crippen molar-refractivity contribution < 1.29 is 13.7 Å². The summed E-state index contributed by atoms with van der Waals surface area (Å²) in [4.78, 5) is 18.3. The van der Waals surface area contributed by atoms with Crippen molar-refractivity contribution in [3.8, 4) is 5.75 Å². The van der Waals surface area contributed by atoms with Crippen LogP contribution in [0, 0.1) is 5.92 Å². The molecule has 0 bridgehead atoms. The first kappa shape index (κ1) is 22.5. The van der Waals surface area contributed by atoms with Crippen LogP contribution in [0.3, 0.4) is 0 Å². The number of carbonyl (C=O) groups is 1. The second-order valence-electron chi connectivity index (χ2n) is 6.94. The minimum Gasteiger partial charge on any atom is -0.492 e. The molecule has 166 valence electrons. The third-order valence-corrected chi connectivity index (χ3v) is 5.63. The van der Waals surface area contributed by atoms with Gasteiger partial charge in [0, 0.05) is 37.1 Å². The summed E-state index contributed by atoms with van der Waals surface area (Å²) in [5, 5.41) is 2.89. The molecule has 2 aliphatic heterocycles. The third-order valence-electron chi connectivity index (χ3n) is 4.87. The fourth-order valence-electron chi connectivity index (χ4n) is 3.48. The second kappa shape index (κ2) is 10.8. The van der Waals surface area contributed by atoms with Crippen molar-refractivity contribution in [2.24, 2.45) is 16.0 Å². The number of nitrogens with one attached hydrogen (secondary N) is 2. The van der Waals surface area contributed by atoms with Gasteiger partial charge < -0.3 is 20.7 Å². The van der Waals surface area contributed by atoms with E-state index in [1.165, 1.54) is 0 Å². The molecule has 0 saturated carbocycles. The number of rotatable bonds is 4. The largest absolute Gasteiger partial charge is 0.492 e. The number of benzene rings is 1. The van der Waals surface area contributed by atoms with Gasteiger partial charge in [0.2, 0.25) is 11.2 Å². The number of amidine groups is 1. The first-order valence-corrected chi connectivity index (χ1v) is 11.5. The molecule has 2 unspecified atom stereocenters. The van der Waals surface area contributed by atoms with Crippen molar-refractivity contribution >= 4 is 34.4 Å². The van der Waals surface area contributed by atoms with Gasteiger partial charge in [-0.2, -0.15) is 4.40 Å². The Morgan fingerprint density at radius 1 is 1.32 bits per heavy atom. The Kier molecular flexibility index (Phi) is 7.82. The van der Waals surface area contributed by atoms with Crippen molar-refractivity contribution in [3.05, 3.63) is 48.3 Å². The molecule has 31 heavy (non-hydrogen) atoms. The molecule has 0 radical (unpaired) electrons. The number of urea groups is 1. The van der Waals surface area contributed by atoms with Crippen LogP contribution in [-0.4, -0.2) is 45.7 Å². The number of nitrogens with zero attached hydrogens (tertiary/aromatic N) is 3. The molecule has 4 N–H and O–H groups in total. The van der Waals surface area contributed by atoms with E-state index < -0.39 is 11.2 Å². The van der Waals surface area contributed by atoms with Gasteiger partial charge in [-0.25, -0.2) is 9.00 Å². The van der Waals surface area contributed by atoms with E-state index in [0.717, 1.165) is 18.5 Å². The Labute approximate surface area is 184 Å². The van der Waals surface area contributed by atoms with Crippen LogP contribution < -0.4 is 20.5 Å². The lowest BCUT2D eigenvalue weighted by Crippen LogP contribution is -2.43. The fraction of sp³-hybridized carbons (Fsp3) is 0.381. The lowest BCUT2D eigenvalue weighted by atomic mass is 9.99. The highest BCUT2D eigenvalue weighted by Gasteiger charge is 2.26. The van der Waals surface area contributed by atoms with E-state index in [1.807, 2.05) is 26.0 Å². The molecule has 0 aliphatic carbocycles. The number of fused-ring (bicyclic) bond motifs is 1. The van der Waals surface area contributed by atoms with Gasteiger partial charge in [-0.3, -0.25) is 9.71 Å². The van der Waals surface area contributed by atoms with Gasteiger partial charge in [0.05, 0.1) is 17.9 Å². The summed E-state index contributed by atoms with van der Waals surface area (Å²) in [5.41, 5.74) is 7.93. The number of carbonyl (C=O) groups excluding carboxylic acids is 1. The lowest BCUT2D eigenvalue weighted by molar-refractivity contribution is 0.145. The Morgan fingerprint density at radius 3 is 2.87 bits per heavy atom. The Hall–Kier alpha value is -3.14. The van der Waals surface area contributed by atoms with Crippen LogP contribution in [0.5, 0.6) is 5.75 Å². The van der Waals surface area contributed by atoms with E-state index in [0.29, 0.717) is 36.7 Å². The van der Waals surface area contributed by atoms with Gasteiger partial charge in [0.25, 0.3) is 0 Å². The van der Waals surface area contributed by atoms with Crippen molar-refractivity contribution in [2.75, 3.05) is 29.7 Å². The molecule has 2 atom stereocenters. The van der Waals surface area contributed by atoms with Gasteiger partial charge in [0.15, 0.2) is 0 Å². The average molecular weight is 445 g/mol. The second-order valence-corrected chi connectivity index (χ2v) is 7.82. The van der Waals surface area contributed by atoms with E-state index in [4.69, 9.17) is 10.5 Å². The van der Waals surface area contributed by atoms with Gasteiger partial charge in [-0.15, -0.1) is 0 Å². The molecule has 3 heterocycles. The van der Waals surface area contributed by atoms with E-state index in [-0.39, 0.29) is 17.8 Å². The predicted octanol–water partition coefficient (Wildman–Crippen LogP) is 3.14. The standard InChI is InChI=1S/C19H22N6O3S.C2H6/c20-18-17-15(23-29(27)24-18)4-1-5-16(17)28-12-13-3-2-10-25(11-13)19(26)22-14-6-8-21-9-7-14;1-2/h1,4-9,13,23H,2-3,10-12H2,(H2,20,24)(H,21,22,26);1-2H3. The van der Waals surface area contributed by atoms with Crippen molar-refractivity contribution in [1.82, 2.24) is 9.88 Å². The number of hydrogen-bond donors (Lipinski definition) is 3. The Morgan fingerprint density at radius 2 is 2.10 bits per heavy atom. The zero-order chi connectivity index (χ0) is 22.2. The molecular weight excluding hydrogens is 416 g/mol. The van der Waals surface area contributed by atoms with Crippen LogP contribution >= 0.6 is 0 Å². The molecule has 2 aliphatic rings. The van der Waals surface area contributed by atoms with E-state index >= 15 is 0 Å². The lowest BCUT2D eigenvalue weighted by Gasteiger charge is -2.33. The number of pyridine rings is 1. The van der Waals surface area contributed by atoms with Crippen LogP contribution in [0.1, 0.15) is 32.3 Å². The van der Waals surface area contributed by atoms with Gasteiger partial charge in [-0.1, -0.05) is 19.9 Å². The zero-order valence-corrected chi connectivity index (χ0v) is 18.5. The number of hydrogen-bond acceptors (Lipinski definition) is 5. The number of likely N-dealkylation sites (tertiary alicyclic amines) is 1. The third kappa shape index (κ3) is 5.72. The fourth-order valence-corrected chi connectivity index (χ4v) is 4.16. The molecule has 0 spiro atoms. The Bertz CT molecular complexity index is 953. The van der Waals surface area contributed by atoms with Crippen LogP contribution in [0.4, 0.5) is 16.2 Å². The summed E-state index contributed by atoms with van der Waals surface area (Å²) in [7, 11) is 0. The molecule has 2 aromatic rings. The highest BCUT2D eigenvalue weighted by atomic mass is 32.2. The molecule has 1 fully saturated rings. The summed E-state index contributed by atoms with van der Waals surface area (Å²) in [5.74, 6) is 0.979. The topological polar surface area (TPSA) is 122 Å². The van der Waals surface area contributed by atoms with E-state index in [2.05, 4.69) is 19.4 Å². The quantitative estimate of drug-likeness (QED) is 0.669. The first-order chi connectivity index (χ1) is 15.1. The first-order valence-electron chi connectivity index (χ1n) is 10.3. The van der Waals surface area contributed by atoms with Crippen molar-refractivity contribution in [3.63, 3.8) is 0 Å². The maximum atomic E-state index is 12.5. The number of ether oxygens (including phenoxy) is 1. The summed E-state index contributed by atoms with van der Waals surface area (Å²) in [6.45, 7) is 5.77. The molecule has 9 nitrogen and oxygen atoms in total. The predicted molar refractivity (Wildman–Crippen MR) is 123 cm³/mol. The highest BCUT2D eigenvalue weighted by molar-refractivity contribution is 7.85. The number of nitrogens with two attached hydrogens (primary N) is 1. The summed E-state index contributed by atoms with van der Waals surface area (Å²) < 4.78 is 24.3. The summed E-state index contributed by atoms with van der Waals surface area (Å²) in [6.07, 6.45) is 5.17. The smallest absolute Gasteiger partial charge is 0.321 e. The summed E-state index contributed by atoms with van der Waals surface area (Å²) >= 11 is -1.57. The van der Waals surface area contributed by atoms with E-state index in [1.54, 1.807) is 35.5 Å². The SMILES string of the molecule is CC.NC1=NS(=O)Nc2cccc(OCC3CCCN(C(=O)Nc4ccncc4)C3)c21. The van der Waals surface area contributed by atoms with Crippen LogP contribution in [0.15, 0.2) is 47.1 Å². The zero-order valence-electron chi connectivity index (χ0n) is 17.7. The molecule has 4 rings (SSSR count). The van der Waals surface area contributed by atoms with Crippen LogP contribution in [0.25, 0.3) is 0 Å². The minimum atomic E-state index is -1.57. The monoisotopic (exact) mass is 444 g/mol.